The van der Waals surface area contributed by atoms with Crippen LogP contribution in [0.3, 0.4) is 0 Å². The minimum absolute atomic E-state index is 0.0475. The van der Waals surface area contributed by atoms with E-state index in [1.807, 2.05) is 24.3 Å². The summed E-state index contributed by atoms with van der Waals surface area (Å²) >= 11 is 1.76. The van der Waals surface area contributed by atoms with Gasteiger partial charge < -0.3 is 10.1 Å². The number of methoxy groups -OCH3 is 1. The lowest BCUT2D eigenvalue weighted by Crippen LogP contribution is -2.15. The average molecular weight is 236 g/mol. The Kier molecular flexibility index (Phi) is 3.10. The van der Waals surface area contributed by atoms with E-state index >= 15 is 0 Å². The Morgan fingerprint density at radius 2 is 2.25 bits per heavy atom. The van der Waals surface area contributed by atoms with Gasteiger partial charge in [0.2, 0.25) is 0 Å². The van der Waals surface area contributed by atoms with Gasteiger partial charge in [0.05, 0.1) is 12.6 Å². The maximum absolute atomic E-state index is 5.17. The second kappa shape index (κ2) is 4.37. The van der Waals surface area contributed by atoms with Gasteiger partial charge >= 0.3 is 0 Å². The van der Waals surface area contributed by atoms with Crippen molar-refractivity contribution in [3.05, 3.63) is 24.3 Å². The lowest BCUT2D eigenvalue weighted by atomic mass is 10.1. The standard InChI is InChI=1S/C12H16N2OS/c1-12(2)8-16-11(14-12)13-9-5-4-6-10(7-9)15-3/h4-7H,8H2,1-3H3,(H,13,14). The minimum Gasteiger partial charge on any atom is -0.497 e. The van der Waals surface area contributed by atoms with Crippen molar-refractivity contribution in [2.75, 3.05) is 18.2 Å². The molecule has 16 heavy (non-hydrogen) atoms. The van der Waals surface area contributed by atoms with Gasteiger partial charge in [0, 0.05) is 17.5 Å². The molecule has 0 radical (unpaired) electrons. The van der Waals surface area contributed by atoms with E-state index in [0.29, 0.717) is 0 Å². The van der Waals surface area contributed by atoms with Crippen LogP contribution in [0.25, 0.3) is 0 Å². The number of anilines is 1. The number of nitrogens with zero attached hydrogens (tertiary/aromatic N) is 1. The Balaban J connectivity index is 2.10. The molecule has 0 fully saturated rings. The molecule has 0 aromatic heterocycles. The van der Waals surface area contributed by atoms with Crippen LogP contribution in [0, 0.1) is 0 Å². The van der Waals surface area contributed by atoms with Crippen LogP contribution in [-0.4, -0.2) is 23.6 Å². The summed E-state index contributed by atoms with van der Waals surface area (Å²) in [6.07, 6.45) is 0. The maximum atomic E-state index is 5.17. The van der Waals surface area contributed by atoms with Crippen molar-refractivity contribution < 1.29 is 4.74 Å². The first-order valence-corrected chi connectivity index (χ1v) is 6.21. The molecule has 0 atom stereocenters. The summed E-state index contributed by atoms with van der Waals surface area (Å²) < 4.78 is 5.17. The van der Waals surface area contributed by atoms with Crippen molar-refractivity contribution in [3.8, 4) is 5.75 Å². The predicted molar refractivity (Wildman–Crippen MR) is 70.6 cm³/mol. The van der Waals surface area contributed by atoms with Crippen LogP contribution >= 0.6 is 11.8 Å². The second-order valence-electron chi connectivity index (χ2n) is 4.38. The average Bonchev–Trinajstić information content (AvgIpc) is 2.58. The fourth-order valence-electron chi connectivity index (χ4n) is 1.47. The number of ether oxygens (including phenoxy) is 1. The summed E-state index contributed by atoms with van der Waals surface area (Å²) in [4.78, 5) is 4.60. The number of amidine groups is 1. The molecular weight excluding hydrogens is 220 g/mol. The van der Waals surface area contributed by atoms with Gasteiger partial charge in [-0.15, -0.1) is 0 Å². The van der Waals surface area contributed by atoms with Crippen molar-refractivity contribution in [2.45, 2.75) is 19.4 Å². The zero-order chi connectivity index (χ0) is 11.6. The molecule has 4 heteroatoms. The first-order chi connectivity index (χ1) is 7.59. The van der Waals surface area contributed by atoms with E-state index in [9.17, 15) is 0 Å². The molecule has 0 amide bonds. The summed E-state index contributed by atoms with van der Waals surface area (Å²) in [6, 6.07) is 7.87. The highest BCUT2D eigenvalue weighted by molar-refractivity contribution is 8.14. The highest BCUT2D eigenvalue weighted by Gasteiger charge is 2.25. The minimum atomic E-state index is 0.0475. The first-order valence-electron chi connectivity index (χ1n) is 5.23. The topological polar surface area (TPSA) is 33.6 Å². The van der Waals surface area contributed by atoms with Crippen molar-refractivity contribution in [2.24, 2.45) is 4.99 Å². The smallest absolute Gasteiger partial charge is 0.161 e. The number of nitrogens with one attached hydrogen (secondary N) is 1. The normalized spacial score (nSPS) is 18.1. The van der Waals surface area contributed by atoms with Crippen LogP contribution in [-0.2, 0) is 0 Å². The van der Waals surface area contributed by atoms with Gasteiger partial charge in [-0.05, 0) is 26.0 Å². The lowest BCUT2D eigenvalue weighted by molar-refractivity contribution is 0.415. The highest BCUT2D eigenvalue weighted by atomic mass is 32.2. The number of hydrogen-bond donors (Lipinski definition) is 1. The van der Waals surface area contributed by atoms with Gasteiger partial charge in [-0.25, -0.2) is 0 Å². The third-order valence-electron chi connectivity index (χ3n) is 2.29. The summed E-state index contributed by atoms with van der Waals surface area (Å²) in [5.41, 5.74) is 1.06. The van der Waals surface area contributed by atoms with Crippen LogP contribution in [0.4, 0.5) is 5.69 Å². The second-order valence-corrected chi connectivity index (χ2v) is 5.34. The Bertz CT molecular complexity index is 415. The van der Waals surface area contributed by atoms with Gasteiger partial charge in [-0.1, -0.05) is 17.8 Å². The Labute approximate surface area is 100 Å². The van der Waals surface area contributed by atoms with Gasteiger partial charge in [0.15, 0.2) is 5.17 Å². The SMILES string of the molecule is COc1cccc(NC2=NC(C)(C)CS2)c1. The molecular formula is C12H16N2OS. The summed E-state index contributed by atoms with van der Waals surface area (Å²) in [7, 11) is 1.67. The monoisotopic (exact) mass is 236 g/mol. The number of thioether (sulfide) groups is 1. The molecule has 0 aliphatic carbocycles. The van der Waals surface area contributed by atoms with Gasteiger partial charge in [-0.3, -0.25) is 4.99 Å². The summed E-state index contributed by atoms with van der Waals surface area (Å²) in [5, 5.41) is 4.29. The highest BCUT2D eigenvalue weighted by Crippen LogP contribution is 2.28. The van der Waals surface area contributed by atoms with E-state index in [1.54, 1.807) is 18.9 Å². The van der Waals surface area contributed by atoms with Crippen LogP contribution in [0.1, 0.15) is 13.8 Å². The van der Waals surface area contributed by atoms with E-state index in [0.717, 1.165) is 22.4 Å². The zero-order valence-corrected chi connectivity index (χ0v) is 10.6. The number of aliphatic imine (C=N–C) groups is 1. The summed E-state index contributed by atoms with van der Waals surface area (Å²) in [5.74, 6) is 1.88. The molecule has 86 valence electrons. The van der Waals surface area contributed by atoms with Crippen molar-refractivity contribution in [1.82, 2.24) is 0 Å². The van der Waals surface area contributed by atoms with Crippen molar-refractivity contribution in [1.29, 1.82) is 0 Å². The molecule has 0 spiro atoms. The van der Waals surface area contributed by atoms with E-state index in [2.05, 4.69) is 24.2 Å². The Morgan fingerprint density at radius 1 is 1.44 bits per heavy atom. The number of rotatable bonds is 2. The fraction of sp³-hybridized carbons (Fsp3) is 0.417. The zero-order valence-electron chi connectivity index (χ0n) is 9.78. The molecule has 0 unspecified atom stereocenters. The van der Waals surface area contributed by atoms with Crippen molar-refractivity contribution in [3.63, 3.8) is 0 Å². The molecule has 1 heterocycles. The maximum Gasteiger partial charge on any atom is 0.161 e. The number of benzene rings is 1. The molecule has 0 saturated heterocycles. The predicted octanol–water partition coefficient (Wildman–Crippen LogP) is 2.99. The molecule has 1 N–H and O–H groups in total. The molecule has 1 aromatic carbocycles. The van der Waals surface area contributed by atoms with Gasteiger partial charge in [0.25, 0.3) is 0 Å². The van der Waals surface area contributed by atoms with E-state index < -0.39 is 0 Å². The fourth-order valence-corrected chi connectivity index (χ4v) is 2.53. The molecule has 0 bridgehead atoms. The van der Waals surface area contributed by atoms with Crippen LogP contribution in [0.2, 0.25) is 0 Å². The molecule has 2 rings (SSSR count). The molecule has 0 saturated carbocycles. The summed E-state index contributed by atoms with van der Waals surface area (Å²) in [6.45, 7) is 4.28. The molecule has 1 aliphatic rings. The van der Waals surface area contributed by atoms with E-state index in [4.69, 9.17) is 4.74 Å². The van der Waals surface area contributed by atoms with Crippen molar-refractivity contribution >= 4 is 22.6 Å². The number of hydrogen-bond acceptors (Lipinski definition) is 4. The largest absolute Gasteiger partial charge is 0.497 e. The Morgan fingerprint density at radius 3 is 2.88 bits per heavy atom. The Hall–Kier alpha value is -1.16. The van der Waals surface area contributed by atoms with Crippen LogP contribution in [0.15, 0.2) is 29.3 Å². The van der Waals surface area contributed by atoms with Gasteiger partial charge in [0.1, 0.15) is 5.75 Å². The van der Waals surface area contributed by atoms with Crippen LogP contribution in [0.5, 0.6) is 5.75 Å². The van der Waals surface area contributed by atoms with Crippen LogP contribution < -0.4 is 10.1 Å². The quantitative estimate of drug-likeness (QED) is 0.857. The van der Waals surface area contributed by atoms with E-state index in [1.165, 1.54) is 0 Å². The first kappa shape index (κ1) is 11.3. The molecule has 1 aliphatic heterocycles. The third kappa shape index (κ3) is 2.70. The van der Waals surface area contributed by atoms with Gasteiger partial charge in [-0.2, -0.15) is 0 Å². The lowest BCUT2D eigenvalue weighted by Gasteiger charge is -2.09. The third-order valence-corrected chi connectivity index (χ3v) is 3.60. The molecule has 1 aromatic rings. The van der Waals surface area contributed by atoms with E-state index in [-0.39, 0.29) is 5.54 Å². The molecule has 3 nitrogen and oxygen atoms in total.